The highest BCUT2D eigenvalue weighted by molar-refractivity contribution is 6.32. The highest BCUT2D eigenvalue weighted by Crippen LogP contribution is 2.24. The predicted octanol–water partition coefficient (Wildman–Crippen LogP) is 2.33. The number of carboxylic acids is 1. The molecule has 0 aliphatic carbocycles. The lowest BCUT2D eigenvalue weighted by molar-refractivity contribution is -0.137. The second-order valence-electron chi connectivity index (χ2n) is 4.16. The number of hydrogen-bond donors (Lipinski definition) is 2. The van der Waals surface area contributed by atoms with Crippen molar-refractivity contribution in [3.8, 4) is 5.75 Å². The van der Waals surface area contributed by atoms with E-state index in [1.54, 1.807) is 25.1 Å². The van der Waals surface area contributed by atoms with Gasteiger partial charge in [0.1, 0.15) is 5.75 Å². The van der Waals surface area contributed by atoms with Crippen molar-refractivity contribution in [2.24, 2.45) is 0 Å². The molecule has 6 heteroatoms. The van der Waals surface area contributed by atoms with Crippen LogP contribution >= 0.6 is 11.6 Å². The highest BCUT2D eigenvalue weighted by atomic mass is 35.5. The summed E-state index contributed by atoms with van der Waals surface area (Å²) in [4.78, 5) is 22.4. The zero-order valence-corrected chi connectivity index (χ0v) is 11.5. The molecule has 0 saturated carbocycles. The second-order valence-corrected chi connectivity index (χ2v) is 4.56. The lowest BCUT2D eigenvalue weighted by atomic mass is 10.1. The molecular weight excluding hydrogens is 270 g/mol. The Labute approximate surface area is 116 Å². The van der Waals surface area contributed by atoms with E-state index in [-0.39, 0.29) is 18.4 Å². The Morgan fingerprint density at radius 2 is 2.16 bits per heavy atom. The molecule has 19 heavy (non-hydrogen) atoms. The molecule has 0 radical (unpaired) electrons. The molecule has 0 heterocycles. The summed E-state index contributed by atoms with van der Waals surface area (Å²) in [6.45, 7) is 1.76. The van der Waals surface area contributed by atoms with Crippen molar-refractivity contribution in [3.63, 3.8) is 0 Å². The van der Waals surface area contributed by atoms with Crippen molar-refractivity contribution in [2.75, 3.05) is 7.11 Å². The van der Waals surface area contributed by atoms with Crippen LogP contribution in [0.2, 0.25) is 5.02 Å². The van der Waals surface area contributed by atoms with E-state index in [1.165, 1.54) is 7.11 Å². The van der Waals surface area contributed by atoms with Gasteiger partial charge in [-0.25, -0.2) is 0 Å². The SMILES string of the molecule is COc1cc(C(=O)NC(C)CCC(=O)O)ccc1Cl. The van der Waals surface area contributed by atoms with Gasteiger partial charge in [-0.05, 0) is 31.5 Å². The lowest BCUT2D eigenvalue weighted by Gasteiger charge is -2.13. The fraction of sp³-hybridized carbons (Fsp3) is 0.385. The van der Waals surface area contributed by atoms with Gasteiger partial charge in [-0.2, -0.15) is 0 Å². The van der Waals surface area contributed by atoms with E-state index in [0.717, 1.165) is 0 Å². The van der Waals surface area contributed by atoms with E-state index in [1.807, 2.05) is 0 Å². The van der Waals surface area contributed by atoms with E-state index >= 15 is 0 Å². The molecule has 1 unspecified atom stereocenters. The van der Waals surface area contributed by atoms with Crippen LogP contribution in [0.1, 0.15) is 30.1 Å². The molecule has 1 rings (SSSR count). The summed E-state index contributed by atoms with van der Waals surface area (Å²) in [5, 5.41) is 11.7. The molecule has 2 N–H and O–H groups in total. The summed E-state index contributed by atoms with van der Waals surface area (Å²) in [5.41, 5.74) is 0.420. The van der Waals surface area contributed by atoms with Crippen molar-refractivity contribution >= 4 is 23.5 Å². The molecule has 0 aliphatic rings. The van der Waals surface area contributed by atoms with Crippen LogP contribution in [-0.4, -0.2) is 30.1 Å². The molecule has 1 aromatic rings. The second kappa shape index (κ2) is 6.99. The number of carbonyl (C=O) groups is 2. The summed E-state index contributed by atoms with van der Waals surface area (Å²) in [5.74, 6) is -0.741. The first-order valence-electron chi connectivity index (χ1n) is 5.80. The molecule has 1 amide bonds. The molecule has 0 aliphatic heterocycles. The van der Waals surface area contributed by atoms with Crippen LogP contribution in [0.25, 0.3) is 0 Å². The number of amides is 1. The summed E-state index contributed by atoms with van der Waals surface area (Å²) >= 11 is 5.87. The third-order valence-corrected chi connectivity index (χ3v) is 2.89. The van der Waals surface area contributed by atoms with Gasteiger partial charge in [-0.15, -0.1) is 0 Å². The summed E-state index contributed by atoms with van der Waals surface area (Å²) in [6, 6.07) is 4.49. The topological polar surface area (TPSA) is 75.6 Å². The molecule has 0 aromatic heterocycles. The molecule has 0 fully saturated rings. The van der Waals surface area contributed by atoms with Crippen molar-refractivity contribution < 1.29 is 19.4 Å². The minimum atomic E-state index is -0.880. The number of halogens is 1. The number of benzene rings is 1. The molecular formula is C13H16ClNO4. The van der Waals surface area contributed by atoms with E-state index < -0.39 is 5.97 Å². The Hall–Kier alpha value is -1.75. The van der Waals surface area contributed by atoms with Gasteiger partial charge in [-0.3, -0.25) is 9.59 Å². The summed E-state index contributed by atoms with van der Waals surface area (Å²) < 4.78 is 5.03. The first-order valence-corrected chi connectivity index (χ1v) is 6.18. The first-order chi connectivity index (χ1) is 8.93. The molecule has 0 spiro atoms. The Morgan fingerprint density at radius 3 is 2.74 bits per heavy atom. The quantitative estimate of drug-likeness (QED) is 0.841. The predicted molar refractivity (Wildman–Crippen MR) is 71.8 cm³/mol. The molecule has 1 aromatic carbocycles. The van der Waals surface area contributed by atoms with Gasteiger partial charge in [0.2, 0.25) is 0 Å². The minimum absolute atomic E-state index is 0.0192. The standard InChI is InChI=1S/C13H16ClNO4/c1-8(3-6-12(16)17)15-13(18)9-4-5-10(14)11(7-9)19-2/h4-5,7-8H,3,6H2,1-2H3,(H,15,18)(H,16,17). The normalized spacial score (nSPS) is 11.7. The fourth-order valence-corrected chi connectivity index (χ4v) is 1.72. The largest absolute Gasteiger partial charge is 0.495 e. The van der Waals surface area contributed by atoms with Crippen LogP contribution < -0.4 is 10.1 Å². The summed E-state index contributed by atoms with van der Waals surface area (Å²) in [6.07, 6.45) is 0.400. The van der Waals surface area contributed by atoms with Crippen LogP contribution in [-0.2, 0) is 4.79 Å². The number of nitrogens with one attached hydrogen (secondary N) is 1. The van der Waals surface area contributed by atoms with Crippen molar-refractivity contribution in [1.29, 1.82) is 0 Å². The van der Waals surface area contributed by atoms with Crippen LogP contribution in [0.5, 0.6) is 5.75 Å². The Bertz CT molecular complexity index is 476. The zero-order valence-electron chi connectivity index (χ0n) is 10.8. The average Bonchev–Trinajstić information content (AvgIpc) is 2.36. The fourth-order valence-electron chi connectivity index (χ4n) is 1.52. The van der Waals surface area contributed by atoms with Gasteiger partial charge in [-0.1, -0.05) is 11.6 Å². The third kappa shape index (κ3) is 4.79. The van der Waals surface area contributed by atoms with Crippen LogP contribution in [0, 0.1) is 0 Å². The first kappa shape index (κ1) is 15.3. The van der Waals surface area contributed by atoms with Gasteiger partial charge in [0, 0.05) is 18.0 Å². The van der Waals surface area contributed by atoms with Crippen LogP contribution in [0.4, 0.5) is 0 Å². The van der Waals surface area contributed by atoms with Crippen molar-refractivity contribution in [3.05, 3.63) is 28.8 Å². The monoisotopic (exact) mass is 285 g/mol. The number of hydrogen-bond acceptors (Lipinski definition) is 3. The molecule has 1 atom stereocenters. The van der Waals surface area contributed by atoms with E-state index in [0.29, 0.717) is 22.8 Å². The van der Waals surface area contributed by atoms with Gasteiger partial charge < -0.3 is 15.2 Å². The minimum Gasteiger partial charge on any atom is -0.495 e. The smallest absolute Gasteiger partial charge is 0.303 e. The lowest BCUT2D eigenvalue weighted by Crippen LogP contribution is -2.32. The highest BCUT2D eigenvalue weighted by Gasteiger charge is 2.12. The maximum atomic E-state index is 11.9. The number of ether oxygens (including phenoxy) is 1. The Balaban J connectivity index is 2.65. The average molecular weight is 286 g/mol. The van der Waals surface area contributed by atoms with Gasteiger partial charge in [0.05, 0.1) is 12.1 Å². The van der Waals surface area contributed by atoms with Crippen LogP contribution in [0.15, 0.2) is 18.2 Å². The molecule has 104 valence electrons. The van der Waals surface area contributed by atoms with Crippen molar-refractivity contribution in [2.45, 2.75) is 25.8 Å². The number of aliphatic carboxylic acids is 1. The van der Waals surface area contributed by atoms with Gasteiger partial charge >= 0.3 is 5.97 Å². The maximum absolute atomic E-state index is 11.9. The number of carboxylic acid groups (broad SMARTS) is 1. The van der Waals surface area contributed by atoms with Gasteiger partial charge in [0.25, 0.3) is 5.91 Å². The number of rotatable bonds is 6. The van der Waals surface area contributed by atoms with E-state index in [4.69, 9.17) is 21.4 Å². The zero-order chi connectivity index (χ0) is 14.4. The molecule has 0 bridgehead atoms. The third-order valence-electron chi connectivity index (χ3n) is 2.58. The number of methoxy groups -OCH3 is 1. The maximum Gasteiger partial charge on any atom is 0.303 e. The summed E-state index contributed by atoms with van der Waals surface area (Å²) in [7, 11) is 1.47. The molecule has 0 saturated heterocycles. The van der Waals surface area contributed by atoms with E-state index in [2.05, 4.69) is 5.32 Å². The van der Waals surface area contributed by atoms with Crippen molar-refractivity contribution in [1.82, 2.24) is 5.32 Å². The van der Waals surface area contributed by atoms with Crippen LogP contribution in [0.3, 0.4) is 0 Å². The molecule has 5 nitrogen and oxygen atoms in total. The van der Waals surface area contributed by atoms with Gasteiger partial charge in [0.15, 0.2) is 0 Å². The Kier molecular flexibility index (Phi) is 5.63. The number of carbonyl (C=O) groups excluding carboxylic acids is 1. The Morgan fingerprint density at radius 1 is 1.47 bits per heavy atom. The van der Waals surface area contributed by atoms with E-state index in [9.17, 15) is 9.59 Å².